The summed E-state index contributed by atoms with van der Waals surface area (Å²) in [6.07, 6.45) is 0. The number of nitrogens with zero attached hydrogens (tertiary/aromatic N) is 1. The van der Waals surface area contributed by atoms with E-state index in [1.54, 1.807) is 6.07 Å². The summed E-state index contributed by atoms with van der Waals surface area (Å²) < 4.78 is 11.3. The number of hydrogen-bond donors (Lipinski definition) is 2. The molecule has 140 valence electrons. The molecule has 2 N–H and O–H groups in total. The maximum atomic E-state index is 12.2. The van der Waals surface area contributed by atoms with Crippen molar-refractivity contribution in [2.24, 2.45) is 0 Å². The summed E-state index contributed by atoms with van der Waals surface area (Å²) in [7, 11) is 0. The van der Waals surface area contributed by atoms with Crippen LogP contribution in [0.4, 0.5) is 10.5 Å². The number of carbonyl (C=O) groups excluding carboxylic acids is 1. The van der Waals surface area contributed by atoms with Crippen molar-refractivity contribution in [1.82, 2.24) is 10.3 Å². The van der Waals surface area contributed by atoms with Gasteiger partial charge in [0.1, 0.15) is 17.2 Å². The van der Waals surface area contributed by atoms with Crippen LogP contribution in [-0.2, 0) is 6.54 Å². The summed E-state index contributed by atoms with van der Waals surface area (Å²) in [6.45, 7) is 6.55. The van der Waals surface area contributed by atoms with Crippen LogP contribution >= 0.6 is 0 Å². The largest absolute Gasteiger partial charge is 0.492 e. The maximum absolute atomic E-state index is 12.2. The molecule has 0 radical (unpaired) electrons. The predicted octanol–water partition coefficient (Wildman–Crippen LogP) is 4.68. The van der Waals surface area contributed by atoms with Gasteiger partial charge in [-0.3, -0.25) is 0 Å². The zero-order valence-electron chi connectivity index (χ0n) is 15.7. The van der Waals surface area contributed by atoms with Crippen LogP contribution in [0.3, 0.4) is 0 Å². The Hall–Kier alpha value is -3.28. The lowest BCUT2D eigenvalue weighted by Gasteiger charge is -2.11. The topological polar surface area (TPSA) is 76.4 Å². The highest BCUT2D eigenvalue weighted by molar-refractivity contribution is 5.90. The third-order valence-corrected chi connectivity index (χ3v) is 4.12. The average Bonchev–Trinajstić information content (AvgIpc) is 3.03. The zero-order valence-corrected chi connectivity index (χ0v) is 15.7. The maximum Gasteiger partial charge on any atom is 0.319 e. The fourth-order valence-corrected chi connectivity index (χ4v) is 2.70. The highest BCUT2D eigenvalue weighted by atomic mass is 16.5. The lowest BCUT2D eigenvalue weighted by molar-refractivity contribution is 0.251. The molecule has 0 spiro atoms. The number of para-hydroxylation sites is 2. The molecule has 3 rings (SSSR count). The minimum atomic E-state index is -0.331. The van der Waals surface area contributed by atoms with Gasteiger partial charge in [-0.1, -0.05) is 30.3 Å². The molecule has 27 heavy (non-hydrogen) atoms. The third-order valence-electron chi connectivity index (χ3n) is 4.12. The van der Waals surface area contributed by atoms with Gasteiger partial charge in [0.05, 0.1) is 18.8 Å². The molecule has 0 unspecified atom stereocenters. The smallest absolute Gasteiger partial charge is 0.319 e. The van der Waals surface area contributed by atoms with Gasteiger partial charge in [-0.15, -0.1) is 0 Å². The van der Waals surface area contributed by atoms with E-state index in [-0.39, 0.29) is 12.6 Å². The molecule has 0 aliphatic carbocycles. The number of hydrogen-bond acceptors (Lipinski definition) is 4. The van der Waals surface area contributed by atoms with E-state index in [2.05, 4.69) is 15.6 Å². The Kier molecular flexibility index (Phi) is 5.76. The van der Waals surface area contributed by atoms with Crippen molar-refractivity contribution in [3.8, 4) is 17.2 Å². The highest BCUT2D eigenvalue weighted by Gasteiger charge is 2.14. The first-order valence-corrected chi connectivity index (χ1v) is 8.87. The third kappa shape index (κ3) is 4.47. The van der Waals surface area contributed by atoms with Gasteiger partial charge in [-0.25, -0.2) is 9.78 Å². The number of rotatable bonds is 6. The normalized spacial score (nSPS) is 10.5. The van der Waals surface area contributed by atoms with Crippen molar-refractivity contribution in [2.45, 2.75) is 27.3 Å². The lowest BCUT2D eigenvalue weighted by Crippen LogP contribution is -2.28. The summed E-state index contributed by atoms with van der Waals surface area (Å²) >= 11 is 0. The number of ether oxygens (including phenoxy) is 1. The van der Waals surface area contributed by atoms with Crippen LogP contribution in [-0.4, -0.2) is 17.6 Å². The lowest BCUT2D eigenvalue weighted by atomic mass is 10.1. The number of aromatic nitrogens is 1. The summed E-state index contributed by atoms with van der Waals surface area (Å²) in [5.41, 5.74) is 3.35. The number of oxazole rings is 1. The fourth-order valence-electron chi connectivity index (χ4n) is 2.70. The Balaban J connectivity index is 1.65. The second-order valence-electron chi connectivity index (χ2n) is 6.07. The number of anilines is 1. The van der Waals surface area contributed by atoms with E-state index in [0.717, 1.165) is 11.1 Å². The van der Waals surface area contributed by atoms with Gasteiger partial charge in [-0.2, -0.15) is 0 Å². The van der Waals surface area contributed by atoms with Crippen molar-refractivity contribution < 1.29 is 13.9 Å². The number of amides is 2. The molecule has 2 aromatic carbocycles. The van der Waals surface area contributed by atoms with E-state index in [4.69, 9.17) is 9.15 Å². The van der Waals surface area contributed by atoms with Crippen LogP contribution in [0.2, 0.25) is 0 Å². The van der Waals surface area contributed by atoms with Gasteiger partial charge in [0.2, 0.25) is 5.89 Å². The Morgan fingerprint density at radius 2 is 1.85 bits per heavy atom. The van der Waals surface area contributed by atoms with Crippen LogP contribution < -0.4 is 15.4 Å². The van der Waals surface area contributed by atoms with E-state index >= 15 is 0 Å². The standard InChI is InChI=1S/C21H23N3O3/c1-4-26-19-12-8-7-11-17(19)24-21(25)22-13-18-15(3)27-20(23-18)16-10-6-5-9-14(16)2/h5-12H,4,13H2,1-3H3,(H2,22,24,25). The second kappa shape index (κ2) is 8.40. The van der Waals surface area contributed by atoms with Gasteiger partial charge in [0, 0.05) is 5.56 Å². The summed E-state index contributed by atoms with van der Waals surface area (Å²) in [6, 6.07) is 14.9. The first-order chi connectivity index (χ1) is 13.1. The molecule has 0 fully saturated rings. The van der Waals surface area contributed by atoms with Crippen molar-refractivity contribution in [2.75, 3.05) is 11.9 Å². The Morgan fingerprint density at radius 1 is 1.11 bits per heavy atom. The minimum absolute atomic E-state index is 0.268. The highest BCUT2D eigenvalue weighted by Crippen LogP contribution is 2.25. The van der Waals surface area contributed by atoms with Crippen molar-refractivity contribution in [3.05, 3.63) is 65.5 Å². The summed E-state index contributed by atoms with van der Waals surface area (Å²) in [5, 5.41) is 5.61. The van der Waals surface area contributed by atoms with E-state index in [9.17, 15) is 4.79 Å². The minimum Gasteiger partial charge on any atom is -0.492 e. The zero-order chi connectivity index (χ0) is 19.2. The average molecular weight is 365 g/mol. The van der Waals surface area contributed by atoms with Crippen LogP contribution in [0.15, 0.2) is 52.9 Å². The van der Waals surface area contributed by atoms with Gasteiger partial charge in [0.15, 0.2) is 0 Å². The molecule has 0 saturated heterocycles. The quantitative estimate of drug-likeness (QED) is 0.665. The molecular weight excluding hydrogens is 342 g/mol. The van der Waals surface area contributed by atoms with Gasteiger partial charge in [-0.05, 0) is 44.5 Å². The van der Waals surface area contributed by atoms with Crippen LogP contribution in [0, 0.1) is 13.8 Å². The molecule has 0 aliphatic rings. The Labute approximate surface area is 158 Å². The Bertz CT molecular complexity index is 934. The van der Waals surface area contributed by atoms with Crippen molar-refractivity contribution >= 4 is 11.7 Å². The molecule has 3 aromatic rings. The SMILES string of the molecule is CCOc1ccccc1NC(=O)NCc1nc(-c2ccccc2C)oc1C. The van der Waals surface area contributed by atoms with Gasteiger partial charge in [0.25, 0.3) is 0 Å². The molecule has 6 nitrogen and oxygen atoms in total. The monoisotopic (exact) mass is 365 g/mol. The number of aryl methyl sites for hydroxylation is 2. The molecule has 0 bridgehead atoms. The molecule has 0 atom stereocenters. The summed E-state index contributed by atoms with van der Waals surface area (Å²) in [5.74, 6) is 1.88. The molecule has 2 amide bonds. The summed E-state index contributed by atoms with van der Waals surface area (Å²) in [4.78, 5) is 16.8. The molecule has 1 heterocycles. The molecule has 0 aliphatic heterocycles. The van der Waals surface area contributed by atoms with E-state index in [1.165, 1.54) is 0 Å². The molecule has 6 heteroatoms. The van der Waals surface area contributed by atoms with Crippen molar-refractivity contribution in [3.63, 3.8) is 0 Å². The molecule has 1 aromatic heterocycles. The molecule has 0 saturated carbocycles. The van der Waals surface area contributed by atoms with E-state index < -0.39 is 0 Å². The van der Waals surface area contributed by atoms with Crippen molar-refractivity contribution in [1.29, 1.82) is 0 Å². The second-order valence-corrected chi connectivity index (χ2v) is 6.07. The van der Waals surface area contributed by atoms with Crippen LogP contribution in [0.25, 0.3) is 11.5 Å². The number of nitrogens with one attached hydrogen (secondary N) is 2. The fraction of sp³-hybridized carbons (Fsp3) is 0.238. The first kappa shape index (κ1) is 18.5. The number of urea groups is 1. The van der Waals surface area contributed by atoms with E-state index in [0.29, 0.717) is 35.4 Å². The predicted molar refractivity (Wildman–Crippen MR) is 105 cm³/mol. The van der Waals surface area contributed by atoms with E-state index in [1.807, 2.05) is 63.2 Å². The van der Waals surface area contributed by atoms with Gasteiger partial charge >= 0.3 is 6.03 Å². The van der Waals surface area contributed by atoms with Gasteiger partial charge < -0.3 is 19.8 Å². The van der Waals surface area contributed by atoms with Crippen LogP contribution in [0.1, 0.15) is 23.9 Å². The number of carbonyl (C=O) groups is 1. The first-order valence-electron chi connectivity index (χ1n) is 8.87. The molecular formula is C21H23N3O3. The number of benzene rings is 2. The van der Waals surface area contributed by atoms with Crippen LogP contribution in [0.5, 0.6) is 5.75 Å². The Morgan fingerprint density at radius 3 is 2.63 bits per heavy atom.